The standard InChI is InChI=1S/C22H25N3O4/c1-14(26)25-17-4-2-16(3-5-17)18-6-9-23-22-19(18)12-20(29-22)21(27)24-13-15-7-10-28-11-8-15/h2-6,9,15,20H,7-8,10-13H2,1H3,(H,24,27)(H,25,26). The van der Waals surface area contributed by atoms with Crippen LogP contribution in [0.5, 0.6) is 5.88 Å². The highest BCUT2D eigenvalue weighted by atomic mass is 16.5. The molecular weight excluding hydrogens is 370 g/mol. The summed E-state index contributed by atoms with van der Waals surface area (Å²) in [6.45, 7) is 3.66. The Hall–Kier alpha value is -2.93. The fourth-order valence-corrected chi connectivity index (χ4v) is 3.80. The molecule has 2 aromatic rings. The van der Waals surface area contributed by atoms with Crippen LogP contribution in [0.3, 0.4) is 0 Å². The van der Waals surface area contributed by atoms with E-state index in [0.717, 1.165) is 48.4 Å². The number of ether oxygens (including phenoxy) is 2. The van der Waals surface area contributed by atoms with Crippen LogP contribution in [-0.2, 0) is 20.7 Å². The summed E-state index contributed by atoms with van der Waals surface area (Å²) in [4.78, 5) is 28.1. The van der Waals surface area contributed by atoms with E-state index < -0.39 is 6.10 Å². The molecule has 1 aromatic heterocycles. The van der Waals surface area contributed by atoms with Gasteiger partial charge < -0.3 is 20.1 Å². The molecule has 2 amide bonds. The van der Waals surface area contributed by atoms with Crippen LogP contribution in [0.1, 0.15) is 25.3 Å². The average molecular weight is 395 g/mol. The van der Waals surface area contributed by atoms with Gasteiger partial charge in [-0.25, -0.2) is 4.98 Å². The minimum absolute atomic E-state index is 0.0959. The third kappa shape index (κ3) is 4.56. The SMILES string of the molecule is CC(=O)Nc1ccc(-c2ccnc3c2CC(C(=O)NCC2CCOCC2)O3)cc1. The van der Waals surface area contributed by atoms with Crippen LogP contribution in [0.25, 0.3) is 11.1 Å². The minimum Gasteiger partial charge on any atom is -0.464 e. The number of fused-ring (bicyclic) bond motifs is 1. The van der Waals surface area contributed by atoms with Gasteiger partial charge in [0.05, 0.1) is 0 Å². The first-order valence-electron chi connectivity index (χ1n) is 9.98. The van der Waals surface area contributed by atoms with Crippen molar-refractivity contribution >= 4 is 17.5 Å². The van der Waals surface area contributed by atoms with Gasteiger partial charge in [0.15, 0.2) is 6.10 Å². The van der Waals surface area contributed by atoms with Crippen LogP contribution >= 0.6 is 0 Å². The highest BCUT2D eigenvalue weighted by Gasteiger charge is 2.32. The zero-order valence-electron chi connectivity index (χ0n) is 16.4. The van der Waals surface area contributed by atoms with Gasteiger partial charge in [-0.05, 0) is 48.1 Å². The van der Waals surface area contributed by atoms with E-state index in [-0.39, 0.29) is 11.8 Å². The van der Waals surface area contributed by atoms with E-state index >= 15 is 0 Å². The molecule has 1 aromatic carbocycles. The van der Waals surface area contributed by atoms with Crippen molar-refractivity contribution in [1.29, 1.82) is 0 Å². The van der Waals surface area contributed by atoms with E-state index in [9.17, 15) is 9.59 Å². The van der Waals surface area contributed by atoms with Crippen molar-refractivity contribution in [2.45, 2.75) is 32.3 Å². The van der Waals surface area contributed by atoms with Gasteiger partial charge in [0.25, 0.3) is 5.91 Å². The van der Waals surface area contributed by atoms with Crippen molar-refractivity contribution in [3.8, 4) is 17.0 Å². The van der Waals surface area contributed by atoms with Crippen LogP contribution in [-0.4, -0.2) is 42.7 Å². The summed E-state index contributed by atoms with van der Waals surface area (Å²) in [6, 6.07) is 9.53. The van der Waals surface area contributed by atoms with E-state index in [2.05, 4.69) is 15.6 Å². The van der Waals surface area contributed by atoms with Gasteiger partial charge in [-0.15, -0.1) is 0 Å². The molecule has 0 saturated carbocycles. The number of nitrogens with zero attached hydrogens (tertiary/aromatic N) is 1. The second kappa shape index (κ2) is 8.61. The summed E-state index contributed by atoms with van der Waals surface area (Å²) in [5.74, 6) is 0.777. The van der Waals surface area contributed by atoms with Gasteiger partial charge in [-0.2, -0.15) is 0 Å². The van der Waals surface area contributed by atoms with Crippen molar-refractivity contribution in [2.24, 2.45) is 5.92 Å². The quantitative estimate of drug-likeness (QED) is 0.812. The number of amides is 2. The van der Waals surface area contributed by atoms with Gasteiger partial charge in [-0.1, -0.05) is 12.1 Å². The van der Waals surface area contributed by atoms with Gasteiger partial charge >= 0.3 is 0 Å². The van der Waals surface area contributed by atoms with E-state index in [1.807, 2.05) is 30.3 Å². The molecule has 4 rings (SSSR count). The van der Waals surface area contributed by atoms with Crippen LogP contribution < -0.4 is 15.4 Å². The third-order valence-corrected chi connectivity index (χ3v) is 5.37. The van der Waals surface area contributed by atoms with Crippen molar-refractivity contribution in [3.05, 3.63) is 42.1 Å². The van der Waals surface area contributed by atoms with E-state index in [1.54, 1.807) is 6.20 Å². The summed E-state index contributed by atoms with van der Waals surface area (Å²) in [5.41, 5.74) is 3.66. The first-order valence-corrected chi connectivity index (χ1v) is 9.98. The lowest BCUT2D eigenvalue weighted by Crippen LogP contribution is -2.40. The Morgan fingerprint density at radius 3 is 2.62 bits per heavy atom. The number of hydrogen-bond donors (Lipinski definition) is 2. The van der Waals surface area contributed by atoms with Crippen LogP contribution in [0.15, 0.2) is 36.5 Å². The Labute approximate surface area is 169 Å². The highest BCUT2D eigenvalue weighted by Crippen LogP contribution is 2.35. The number of rotatable bonds is 5. The smallest absolute Gasteiger partial charge is 0.261 e. The van der Waals surface area contributed by atoms with E-state index in [4.69, 9.17) is 9.47 Å². The maximum Gasteiger partial charge on any atom is 0.261 e. The predicted octanol–water partition coefficient (Wildman–Crippen LogP) is 2.55. The molecule has 0 spiro atoms. The lowest BCUT2D eigenvalue weighted by molar-refractivity contribution is -0.127. The molecule has 7 heteroatoms. The molecule has 1 unspecified atom stereocenters. The van der Waals surface area contributed by atoms with Crippen LogP contribution in [0.4, 0.5) is 5.69 Å². The second-order valence-electron chi connectivity index (χ2n) is 7.51. The Bertz CT molecular complexity index is 891. The fraction of sp³-hybridized carbons (Fsp3) is 0.409. The van der Waals surface area contributed by atoms with E-state index in [1.165, 1.54) is 6.92 Å². The average Bonchev–Trinajstić information content (AvgIpc) is 3.17. The number of pyridine rings is 1. The largest absolute Gasteiger partial charge is 0.464 e. The molecule has 1 fully saturated rings. The first-order chi connectivity index (χ1) is 14.1. The van der Waals surface area contributed by atoms with Gasteiger partial charge in [0.1, 0.15) is 0 Å². The van der Waals surface area contributed by atoms with Crippen LogP contribution in [0, 0.1) is 5.92 Å². The molecule has 7 nitrogen and oxygen atoms in total. The fourth-order valence-electron chi connectivity index (χ4n) is 3.80. The molecule has 3 heterocycles. The summed E-state index contributed by atoms with van der Waals surface area (Å²) >= 11 is 0. The third-order valence-electron chi connectivity index (χ3n) is 5.37. The second-order valence-corrected chi connectivity index (χ2v) is 7.51. The molecule has 1 atom stereocenters. The maximum absolute atomic E-state index is 12.6. The van der Waals surface area contributed by atoms with Gasteiger partial charge in [-0.3, -0.25) is 9.59 Å². The molecule has 2 N–H and O–H groups in total. The molecule has 152 valence electrons. The Kier molecular flexibility index (Phi) is 5.76. The summed E-state index contributed by atoms with van der Waals surface area (Å²) < 4.78 is 11.2. The lowest BCUT2D eigenvalue weighted by atomic mass is 9.98. The maximum atomic E-state index is 12.6. The molecular formula is C22H25N3O4. The normalized spacial score (nSPS) is 18.6. The summed E-state index contributed by atoms with van der Waals surface area (Å²) in [7, 11) is 0. The zero-order chi connectivity index (χ0) is 20.2. The topological polar surface area (TPSA) is 89.6 Å². The number of carbonyl (C=O) groups is 2. The number of nitrogens with one attached hydrogen (secondary N) is 2. The Morgan fingerprint density at radius 1 is 1.14 bits per heavy atom. The Balaban J connectivity index is 1.43. The number of anilines is 1. The molecule has 1 saturated heterocycles. The minimum atomic E-state index is -0.558. The van der Waals surface area contributed by atoms with Crippen LogP contribution in [0.2, 0.25) is 0 Å². The molecule has 2 aliphatic heterocycles. The molecule has 0 radical (unpaired) electrons. The van der Waals surface area contributed by atoms with Crippen molar-refractivity contribution < 1.29 is 19.1 Å². The molecule has 0 bridgehead atoms. The summed E-state index contributed by atoms with van der Waals surface area (Å²) in [5, 5.41) is 5.79. The van der Waals surface area contributed by atoms with Gasteiger partial charge in [0, 0.05) is 50.6 Å². The zero-order valence-corrected chi connectivity index (χ0v) is 16.4. The van der Waals surface area contributed by atoms with E-state index in [0.29, 0.717) is 24.8 Å². The summed E-state index contributed by atoms with van der Waals surface area (Å²) in [6.07, 6.45) is 3.58. The molecule has 2 aliphatic rings. The van der Waals surface area contributed by atoms with Gasteiger partial charge in [0.2, 0.25) is 11.8 Å². The highest BCUT2D eigenvalue weighted by molar-refractivity contribution is 5.89. The van der Waals surface area contributed by atoms with Crippen molar-refractivity contribution in [2.75, 3.05) is 25.1 Å². The number of benzene rings is 1. The number of carbonyl (C=O) groups excluding carboxylic acids is 2. The predicted molar refractivity (Wildman–Crippen MR) is 109 cm³/mol. The van der Waals surface area contributed by atoms with Crippen molar-refractivity contribution in [3.63, 3.8) is 0 Å². The Morgan fingerprint density at radius 2 is 1.90 bits per heavy atom. The number of aromatic nitrogens is 1. The monoisotopic (exact) mass is 395 g/mol. The number of hydrogen-bond acceptors (Lipinski definition) is 5. The van der Waals surface area contributed by atoms with Crippen molar-refractivity contribution in [1.82, 2.24) is 10.3 Å². The molecule has 29 heavy (non-hydrogen) atoms. The molecule has 0 aliphatic carbocycles. The lowest BCUT2D eigenvalue weighted by Gasteiger charge is -2.22. The first kappa shape index (κ1) is 19.4.